The molecular formula is C16H26FNO. The lowest BCUT2D eigenvalue weighted by Crippen LogP contribution is -2.20. The SMILES string of the molecule is Cc1cc(CNCCOCCC(C)C)cc(C)c1F. The fourth-order valence-corrected chi connectivity index (χ4v) is 1.94. The highest BCUT2D eigenvalue weighted by molar-refractivity contribution is 5.30. The Kier molecular flexibility index (Phi) is 7.03. The zero-order valence-electron chi connectivity index (χ0n) is 12.6. The van der Waals surface area contributed by atoms with E-state index in [0.29, 0.717) is 17.0 Å². The lowest BCUT2D eigenvalue weighted by molar-refractivity contribution is 0.125. The molecule has 0 aliphatic carbocycles. The average molecular weight is 267 g/mol. The molecule has 0 bridgehead atoms. The summed E-state index contributed by atoms with van der Waals surface area (Å²) in [6, 6.07) is 3.80. The second-order valence-corrected chi connectivity index (χ2v) is 5.52. The Morgan fingerprint density at radius 2 is 1.79 bits per heavy atom. The Labute approximate surface area is 116 Å². The van der Waals surface area contributed by atoms with Crippen molar-refractivity contribution < 1.29 is 9.13 Å². The summed E-state index contributed by atoms with van der Waals surface area (Å²) in [6.07, 6.45) is 1.11. The monoisotopic (exact) mass is 267 g/mol. The summed E-state index contributed by atoms with van der Waals surface area (Å²) in [5, 5.41) is 3.32. The second-order valence-electron chi connectivity index (χ2n) is 5.52. The first-order chi connectivity index (χ1) is 9.00. The molecule has 0 aromatic heterocycles. The molecule has 19 heavy (non-hydrogen) atoms. The van der Waals surface area contributed by atoms with Crippen molar-refractivity contribution in [1.29, 1.82) is 0 Å². The largest absolute Gasteiger partial charge is 0.380 e. The summed E-state index contributed by atoms with van der Waals surface area (Å²) in [5.41, 5.74) is 2.55. The van der Waals surface area contributed by atoms with Gasteiger partial charge in [-0.05, 0) is 42.9 Å². The maximum atomic E-state index is 13.5. The van der Waals surface area contributed by atoms with Crippen molar-refractivity contribution in [2.45, 2.75) is 40.7 Å². The van der Waals surface area contributed by atoms with Crippen LogP contribution in [0.15, 0.2) is 12.1 Å². The summed E-state index contributed by atoms with van der Waals surface area (Å²) in [4.78, 5) is 0. The number of nitrogens with one attached hydrogen (secondary N) is 1. The fraction of sp³-hybridized carbons (Fsp3) is 0.625. The van der Waals surface area contributed by atoms with Crippen molar-refractivity contribution in [3.05, 3.63) is 34.6 Å². The molecule has 0 aliphatic heterocycles. The summed E-state index contributed by atoms with van der Waals surface area (Å²) < 4.78 is 19.0. The van der Waals surface area contributed by atoms with E-state index in [0.717, 1.165) is 38.3 Å². The third-order valence-corrected chi connectivity index (χ3v) is 3.09. The van der Waals surface area contributed by atoms with Gasteiger partial charge in [-0.15, -0.1) is 0 Å². The van der Waals surface area contributed by atoms with Gasteiger partial charge in [0.05, 0.1) is 6.61 Å². The minimum atomic E-state index is -0.0965. The number of hydrogen-bond acceptors (Lipinski definition) is 2. The van der Waals surface area contributed by atoms with E-state index in [9.17, 15) is 4.39 Å². The lowest BCUT2D eigenvalue weighted by Gasteiger charge is -2.09. The molecule has 0 fully saturated rings. The fourth-order valence-electron chi connectivity index (χ4n) is 1.94. The molecule has 0 radical (unpaired) electrons. The Balaban J connectivity index is 2.19. The van der Waals surface area contributed by atoms with Crippen molar-refractivity contribution >= 4 is 0 Å². The topological polar surface area (TPSA) is 21.3 Å². The van der Waals surface area contributed by atoms with Gasteiger partial charge in [-0.3, -0.25) is 0 Å². The van der Waals surface area contributed by atoms with Gasteiger partial charge < -0.3 is 10.1 Å². The van der Waals surface area contributed by atoms with Crippen LogP contribution in [0.3, 0.4) is 0 Å². The zero-order chi connectivity index (χ0) is 14.3. The Hall–Kier alpha value is -0.930. The van der Waals surface area contributed by atoms with Gasteiger partial charge in [0, 0.05) is 19.7 Å². The summed E-state index contributed by atoms with van der Waals surface area (Å²) in [6.45, 7) is 11.1. The van der Waals surface area contributed by atoms with E-state index in [1.807, 2.05) is 12.1 Å². The number of halogens is 1. The molecular weight excluding hydrogens is 241 g/mol. The van der Waals surface area contributed by atoms with Crippen LogP contribution in [0, 0.1) is 25.6 Å². The standard InChI is InChI=1S/C16H26FNO/c1-12(2)5-7-19-8-6-18-11-15-9-13(3)16(17)14(4)10-15/h9-10,12,18H,5-8,11H2,1-4H3. The number of rotatable bonds is 8. The van der Waals surface area contributed by atoms with E-state index in [2.05, 4.69) is 19.2 Å². The normalized spacial score (nSPS) is 11.3. The highest BCUT2D eigenvalue weighted by Gasteiger charge is 2.03. The molecule has 0 saturated heterocycles. The van der Waals surface area contributed by atoms with Crippen molar-refractivity contribution in [1.82, 2.24) is 5.32 Å². The van der Waals surface area contributed by atoms with Gasteiger partial charge in [-0.2, -0.15) is 0 Å². The first-order valence-corrected chi connectivity index (χ1v) is 7.04. The molecule has 0 saturated carbocycles. The molecule has 3 heteroatoms. The highest BCUT2D eigenvalue weighted by atomic mass is 19.1. The van der Waals surface area contributed by atoms with Crippen LogP contribution < -0.4 is 5.32 Å². The Morgan fingerprint density at radius 1 is 1.16 bits per heavy atom. The summed E-state index contributed by atoms with van der Waals surface area (Å²) in [5.74, 6) is 0.596. The maximum Gasteiger partial charge on any atom is 0.129 e. The quantitative estimate of drug-likeness (QED) is 0.727. The van der Waals surface area contributed by atoms with Gasteiger partial charge in [0.1, 0.15) is 5.82 Å². The molecule has 0 heterocycles. The van der Waals surface area contributed by atoms with E-state index in [4.69, 9.17) is 4.74 Å². The lowest BCUT2D eigenvalue weighted by atomic mass is 10.1. The smallest absolute Gasteiger partial charge is 0.129 e. The third-order valence-electron chi connectivity index (χ3n) is 3.09. The Morgan fingerprint density at radius 3 is 2.37 bits per heavy atom. The van der Waals surface area contributed by atoms with Crippen LogP contribution in [-0.4, -0.2) is 19.8 Å². The van der Waals surface area contributed by atoms with Crippen LogP contribution in [0.25, 0.3) is 0 Å². The van der Waals surface area contributed by atoms with Crippen molar-refractivity contribution in [2.75, 3.05) is 19.8 Å². The van der Waals surface area contributed by atoms with Gasteiger partial charge >= 0.3 is 0 Å². The zero-order valence-corrected chi connectivity index (χ0v) is 12.6. The molecule has 108 valence electrons. The molecule has 0 unspecified atom stereocenters. The third kappa shape index (κ3) is 6.17. The van der Waals surface area contributed by atoms with E-state index < -0.39 is 0 Å². The molecule has 0 aliphatic rings. The Bertz CT molecular complexity index is 367. The van der Waals surface area contributed by atoms with E-state index >= 15 is 0 Å². The van der Waals surface area contributed by atoms with Crippen LogP contribution in [0.2, 0.25) is 0 Å². The van der Waals surface area contributed by atoms with E-state index in [1.54, 1.807) is 13.8 Å². The first kappa shape index (κ1) is 16.1. The van der Waals surface area contributed by atoms with Crippen LogP contribution in [0.1, 0.15) is 37.0 Å². The van der Waals surface area contributed by atoms with Gasteiger partial charge in [0.15, 0.2) is 0 Å². The van der Waals surface area contributed by atoms with Gasteiger partial charge in [0.2, 0.25) is 0 Å². The van der Waals surface area contributed by atoms with E-state index in [-0.39, 0.29) is 5.82 Å². The molecule has 0 atom stereocenters. The van der Waals surface area contributed by atoms with Crippen molar-refractivity contribution in [3.8, 4) is 0 Å². The first-order valence-electron chi connectivity index (χ1n) is 7.04. The number of aryl methyl sites for hydroxylation is 2. The van der Waals surface area contributed by atoms with Gasteiger partial charge in [0.25, 0.3) is 0 Å². The molecule has 1 rings (SSSR count). The predicted octanol–water partition coefficient (Wildman–Crippen LogP) is 3.59. The number of hydrogen-bond donors (Lipinski definition) is 1. The minimum Gasteiger partial charge on any atom is -0.380 e. The average Bonchev–Trinajstić information content (AvgIpc) is 2.34. The molecule has 1 N–H and O–H groups in total. The van der Waals surface area contributed by atoms with Gasteiger partial charge in [-0.1, -0.05) is 26.0 Å². The van der Waals surface area contributed by atoms with E-state index in [1.165, 1.54) is 0 Å². The molecule has 0 spiro atoms. The molecule has 2 nitrogen and oxygen atoms in total. The van der Waals surface area contributed by atoms with Crippen LogP contribution in [-0.2, 0) is 11.3 Å². The van der Waals surface area contributed by atoms with Crippen molar-refractivity contribution in [2.24, 2.45) is 5.92 Å². The number of benzene rings is 1. The maximum absolute atomic E-state index is 13.5. The van der Waals surface area contributed by atoms with Gasteiger partial charge in [-0.25, -0.2) is 4.39 Å². The van der Waals surface area contributed by atoms with Crippen LogP contribution in [0.5, 0.6) is 0 Å². The summed E-state index contributed by atoms with van der Waals surface area (Å²) >= 11 is 0. The molecule has 1 aromatic rings. The van der Waals surface area contributed by atoms with Crippen LogP contribution in [0.4, 0.5) is 4.39 Å². The molecule has 0 amide bonds. The summed E-state index contributed by atoms with van der Waals surface area (Å²) in [7, 11) is 0. The minimum absolute atomic E-state index is 0.0965. The number of ether oxygens (including phenoxy) is 1. The van der Waals surface area contributed by atoms with Crippen molar-refractivity contribution in [3.63, 3.8) is 0 Å². The highest BCUT2D eigenvalue weighted by Crippen LogP contribution is 2.14. The molecule has 1 aromatic carbocycles. The van der Waals surface area contributed by atoms with Crippen LogP contribution >= 0.6 is 0 Å². The predicted molar refractivity (Wildman–Crippen MR) is 77.9 cm³/mol. The second kappa shape index (κ2) is 8.28.